The fourth-order valence-corrected chi connectivity index (χ4v) is 4.17. The number of ketones is 1. The van der Waals surface area contributed by atoms with Gasteiger partial charge in [0.05, 0.1) is 32.2 Å². The molecule has 0 unspecified atom stereocenters. The number of hydrogen-bond acceptors (Lipinski definition) is 3. The Balaban J connectivity index is 1.55. The van der Waals surface area contributed by atoms with Gasteiger partial charge in [-0.2, -0.15) is 0 Å². The van der Waals surface area contributed by atoms with Crippen LogP contribution in [0.4, 0.5) is 5.69 Å². The Morgan fingerprint density at radius 3 is 2.23 bits per heavy atom. The highest BCUT2D eigenvalue weighted by Crippen LogP contribution is 2.18. The number of nitrogens with one attached hydrogen (secondary N) is 2. The summed E-state index contributed by atoms with van der Waals surface area (Å²) in [6, 6.07) is 18.1. The van der Waals surface area contributed by atoms with Gasteiger partial charge in [0, 0.05) is 11.3 Å². The van der Waals surface area contributed by atoms with E-state index in [9.17, 15) is 9.59 Å². The molecule has 0 radical (unpaired) electrons. The number of quaternary nitrogens is 1. The third-order valence-corrected chi connectivity index (χ3v) is 6.15. The molecule has 2 atom stereocenters. The molecule has 1 fully saturated rings. The zero-order valence-corrected chi connectivity index (χ0v) is 18.4. The SMILES string of the molecule is CCC[C@@H](NC(=O)[C@@H](C)[NH+]1CCN(c2ccc(C(C)=O)cc2)CC1)c1ccccc1. The zero-order chi connectivity index (χ0) is 21.5. The summed E-state index contributed by atoms with van der Waals surface area (Å²) in [6.45, 7) is 9.44. The lowest BCUT2D eigenvalue weighted by Gasteiger charge is -2.36. The van der Waals surface area contributed by atoms with Crippen molar-refractivity contribution in [1.82, 2.24) is 5.32 Å². The number of carbonyl (C=O) groups excluding carboxylic acids is 2. The van der Waals surface area contributed by atoms with Crippen LogP contribution in [0.5, 0.6) is 0 Å². The van der Waals surface area contributed by atoms with Crippen molar-refractivity contribution in [2.45, 2.75) is 45.7 Å². The smallest absolute Gasteiger partial charge is 0.278 e. The van der Waals surface area contributed by atoms with Gasteiger partial charge in [0.15, 0.2) is 11.8 Å². The van der Waals surface area contributed by atoms with Gasteiger partial charge in [-0.15, -0.1) is 0 Å². The molecule has 0 spiro atoms. The molecular formula is C25H34N3O2+. The maximum atomic E-state index is 13.0. The third kappa shape index (κ3) is 5.48. The average Bonchev–Trinajstić information content (AvgIpc) is 2.79. The molecule has 1 heterocycles. The van der Waals surface area contributed by atoms with Crippen LogP contribution in [0.1, 0.15) is 55.6 Å². The van der Waals surface area contributed by atoms with E-state index in [-0.39, 0.29) is 23.8 Å². The van der Waals surface area contributed by atoms with Crippen molar-refractivity contribution >= 4 is 17.4 Å². The molecule has 2 N–H and O–H groups in total. The van der Waals surface area contributed by atoms with Gasteiger partial charge < -0.3 is 15.1 Å². The molecule has 0 saturated carbocycles. The minimum Gasteiger partial charge on any atom is -0.360 e. The second kappa shape index (κ2) is 10.4. The number of nitrogens with zero attached hydrogens (tertiary/aromatic N) is 1. The summed E-state index contributed by atoms with van der Waals surface area (Å²) in [5, 5.41) is 3.29. The van der Waals surface area contributed by atoms with Gasteiger partial charge in [-0.3, -0.25) is 9.59 Å². The minimum absolute atomic E-state index is 0.0738. The van der Waals surface area contributed by atoms with E-state index in [0.29, 0.717) is 0 Å². The molecule has 0 aromatic heterocycles. The van der Waals surface area contributed by atoms with Gasteiger partial charge in [-0.25, -0.2) is 0 Å². The topological polar surface area (TPSA) is 53.9 Å². The molecular weight excluding hydrogens is 374 g/mol. The van der Waals surface area contributed by atoms with Crippen molar-refractivity contribution in [1.29, 1.82) is 0 Å². The van der Waals surface area contributed by atoms with Crippen molar-refractivity contribution in [3.63, 3.8) is 0 Å². The van der Waals surface area contributed by atoms with Gasteiger partial charge in [0.1, 0.15) is 0 Å². The fraction of sp³-hybridized carbons (Fsp3) is 0.440. The molecule has 1 aliphatic heterocycles. The minimum atomic E-state index is -0.0738. The Morgan fingerprint density at radius 2 is 1.67 bits per heavy atom. The van der Waals surface area contributed by atoms with E-state index >= 15 is 0 Å². The number of rotatable bonds is 8. The summed E-state index contributed by atoms with van der Waals surface area (Å²) in [6.07, 6.45) is 1.98. The van der Waals surface area contributed by atoms with Crippen LogP contribution < -0.4 is 15.1 Å². The predicted octanol–water partition coefficient (Wildman–Crippen LogP) is 2.64. The van der Waals surface area contributed by atoms with Crippen LogP contribution in [0.15, 0.2) is 54.6 Å². The van der Waals surface area contributed by atoms with Crippen LogP contribution in [0.2, 0.25) is 0 Å². The van der Waals surface area contributed by atoms with Gasteiger partial charge in [-0.1, -0.05) is 43.7 Å². The highest BCUT2D eigenvalue weighted by Gasteiger charge is 2.30. The predicted molar refractivity (Wildman–Crippen MR) is 121 cm³/mol. The first-order chi connectivity index (χ1) is 14.5. The third-order valence-electron chi connectivity index (χ3n) is 6.15. The quantitative estimate of drug-likeness (QED) is 0.661. The number of hydrogen-bond donors (Lipinski definition) is 2. The van der Waals surface area contributed by atoms with Crippen molar-refractivity contribution in [2.24, 2.45) is 0 Å². The number of carbonyl (C=O) groups is 2. The molecule has 2 aromatic rings. The summed E-state index contributed by atoms with van der Waals surface area (Å²) in [4.78, 5) is 28.1. The summed E-state index contributed by atoms with van der Waals surface area (Å²) < 4.78 is 0. The number of anilines is 1. The normalized spacial score (nSPS) is 16.7. The standard InChI is InChI=1S/C25H33N3O2/c1-4-8-24(22-9-6-5-7-10-22)26-25(30)19(2)27-15-17-28(18-16-27)23-13-11-21(12-14-23)20(3)29/h5-7,9-14,19,24H,4,8,15-18H2,1-3H3,(H,26,30)/p+1/t19-,24-/m1/s1. The van der Waals surface area contributed by atoms with Crippen LogP contribution in [0.3, 0.4) is 0 Å². The Morgan fingerprint density at radius 1 is 1.03 bits per heavy atom. The molecule has 160 valence electrons. The summed E-state index contributed by atoms with van der Waals surface area (Å²) in [7, 11) is 0. The molecule has 1 aliphatic rings. The highest BCUT2D eigenvalue weighted by atomic mass is 16.2. The number of benzene rings is 2. The van der Waals surface area contributed by atoms with E-state index in [1.54, 1.807) is 6.92 Å². The van der Waals surface area contributed by atoms with Gasteiger partial charge in [0.2, 0.25) is 0 Å². The van der Waals surface area contributed by atoms with Crippen LogP contribution in [0.25, 0.3) is 0 Å². The van der Waals surface area contributed by atoms with E-state index in [4.69, 9.17) is 0 Å². The van der Waals surface area contributed by atoms with E-state index in [1.165, 1.54) is 10.5 Å². The Kier molecular flexibility index (Phi) is 7.63. The second-order valence-corrected chi connectivity index (χ2v) is 8.23. The van der Waals surface area contributed by atoms with Crippen molar-refractivity contribution < 1.29 is 14.5 Å². The molecule has 0 aliphatic carbocycles. The Labute approximate surface area is 180 Å². The maximum Gasteiger partial charge on any atom is 0.278 e. The molecule has 5 nitrogen and oxygen atoms in total. The van der Waals surface area contributed by atoms with Crippen LogP contribution in [0, 0.1) is 0 Å². The number of Topliss-reactive ketones (excluding diaryl/α,β-unsaturated/α-hetero) is 1. The lowest BCUT2D eigenvalue weighted by Crippen LogP contribution is -3.19. The lowest BCUT2D eigenvalue weighted by molar-refractivity contribution is -0.914. The van der Waals surface area contributed by atoms with Crippen molar-refractivity contribution in [3.05, 3.63) is 65.7 Å². The molecule has 2 aromatic carbocycles. The van der Waals surface area contributed by atoms with Crippen LogP contribution in [-0.4, -0.2) is 43.9 Å². The summed E-state index contributed by atoms with van der Waals surface area (Å²) in [5.41, 5.74) is 3.06. The molecule has 1 amide bonds. The largest absolute Gasteiger partial charge is 0.360 e. The fourth-order valence-electron chi connectivity index (χ4n) is 4.17. The van der Waals surface area contributed by atoms with Gasteiger partial charge in [-0.05, 0) is 50.1 Å². The molecule has 30 heavy (non-hydrogen) atoms. The monoisotopic (exact) mass is 408 g/mol. The second-order valence-electron chi connectivity index (χ2n) is 8.23. The van der Waals surface area contributed by atoms with Crippen molar-refractivity contribution in [2.75, 3.05) is 31.1 Å². The molecule has 3 rings (SSSR count). The first kappa shape index (κ1) is 22.0. The van der Waals surface area contributed by atoms with Crippen LogP contribution >= 0.6 is 0 Å². The first-order valence-electron chi connectivity index (χ1n) is 11.1. The Hall–Kier alpha value is -2.66. The summed E-state index contributed by atoms with van der Waals surface area (Å²) >= 11 is 0. The first-order valence-corrected chi connectivity index (χ1v) is 11.1. The van der Waals surface area contributed by atoms with E-state index in [1.807, 2.05) is 49.4 Å². The lowest BCUT2D eigenvalue weighted by atomic mass is 10.0. The van der Waals surface area contributed by atoms with E-state index in [2.05, 4.69) is 29.3 Å². The molecule has 0 bridgehead atoms. The van der Waals surface area contributed by atoms with E-state index in [0.717, 1.165) is 50.3 Å². The molecule has 1 saturated heterocycles. The number of amides is 1. The summed E-state index contributed by atoms with van der Waals surface area (Å²) in [5.74, 6) is 0.221. The van der Waals surface area contributed by atoms with Crippen molar-refractivity contribution in [3.8, 4) is 0 Å². The van der Waals surface area contributed by atoms with E-state index < -0.39 is 0 Å². The molecule has 5 heteroatoms. The Bertz CT molecular complexity index is 827. The average molecular weight is 409 g/mol. The van der Waals surface area contributed by atoms with Gasteiger partial charge in [0.25, 0.3) is 5.91 Å². The van der Waals surface area contributed by atoms with Gasteiger partial charge >= 0.3 is 0 Å². The zero-order valence-electron chi connectivity index (χ0n) is 18.4. The maximum absolute atomic E-state index is 13.0. The number of piperazine rings is 1. The highest BCUT2D eigenvalue weighted by molar-refractivity contribution is 5.94. The van der Waals surface area contributed by atoms with Crippen LogP contribution in [-0.2, 0) is 4.79 Å².